The summed E-state index contributed by atoms with van der Waals surface area (Å²) in [4.78, 5) is 39.8. The summed E-state index contributed by atoms with van der Waals surface area (Å²) in [6.07, 6.45) is 0. The number of anilines is 1. The maximum atomic E-state index is 13.9. The Labute approximate surface area is 167 Å². The van der Waals surface area contributed by atoms with Crippen LogP contribution < -0.4 is 19.3 Å². The molecule has 2 aromatic rings. The minimum absolute atomic E-state index is 0.0380. The van der Waals surface area contributed by atoms with Crippen molar-refractivity contribution in [2.75, 3.05) is 32.8 Å². The Hall–Kier alpha value is -3.46. The Morgan fingerprint density at radius 3 is 2.24 bits per heavy atom. The predicted molar refractivity (Wildman–Crippen MR) is 101 cm³/mol. The van der Waals surface area contributed by atoms with Crippen LogP contribution in [0.3, 0.4) is 0 Å². The van der Waals surface area contributed by atoms with E-state index in [1.165, 1.54) is 38.5 Å². The van der Waals surface area contributed by atoms with E-state index in [1.807, 2.05) is 0 Å². The molecule has 29 heavy (non-hydrogen) atoms. The van der Waals surface area contributed by atoms with Gasteiger partial charge in [-0.25, -0.2) is 19.0 Å². The Morgan fingerprint density at radius 2 is 1.66 bits per heavy atom. The van der Waals surface area contributed by atoms with Crippen LogP contribution in [0.4, 0.5) is 14.9 Å². The van der Waals surface area contributed by atoms with E-state index in [-0.39, 0.29) is 18.1 Å². The molecule has 1 heterocycles. The van der Waals surface area contributed by atoms with Gasteiger partial charge in [0, 0.05) is 5.56 Å². The molecule has 1 fully saturated rings. The zero-order valence-corrected chi connectivity index (χ0v) is 16.3. The van der Waals surface area contributed by atoms with Gasteiger partial charge < -0.3 is 14.4 Å². The van der Waals surface area contributed by atoms with E-state index in [2.05, 4.69) is 0 Å². The van der Waals surface area contributed by atoms with E-state index in [4.69, 9.17) is 9.47 Å². The third-order valence-corrected chi connectivity index (χ3v) is 4.53. The van der Waals surface area contributed by atoms with Crippen molar-refractivity contribution >= 4 is 23.5 Å². The van der Waals surface area contributed by atoms with Gasteiger partial charge in [-0.3, -0.25) is 9.59 Å². The van der Waals surface area contributed by atoms with Gasteiger partial charge in [-0.15, -0.1) is 0 Å². The first-order valence-corrected chi connectivity index (χ1v) is 8.83. The van der Waals surface area contributed by atoms with Crippen molar-refractivity contribution < 1.29 is 33.1 Å². The summed E-state index contributed by atoms with van der Waals surface area (Å²) >= 11 is 0. The zero-order valence-electron chi connectivity index (χ0n) is 16.3. The third-order valence-electron chi connectivity index (χ3n) is 4.53. The molecule has 0 spiro atoms. The standard InChI is InChI=1S/C20H20FN3O5/c1-22(11-13-4-9-17(29-3)16(21)10-13)12-23-18(25)19(26)24(20(23)27)14-5-7-15(28-2)8-6-14/h4-10H,11-12H2,1-3H3/p+1. The molecule has 0 aliphatic carbocycles. The number of ether oxygens (including phenoxy) is 2. The van der Waals surface area contributed by atoms with E-state index in [1.54, 1.807) is 25.2 Å². The highest BCUT2D eigenvalue weighted by Crippen LogP contribution is 2.24. The molecular weight excluding hydrogens is 381 g/mol. The number of urea groups is 1. The minimum atomic E-state index is -0.913. The van der Waals surface area contributed by atoms with Gasteiger partial charge in [-0.1, -0.05) is 0 Å². The normalized spacial score (nSPS) is 15.1. The van der Waals surface area contributed by atoms with Crippen molar-refractivity contribution in [1.29, 1.82) is 0 Å². The van der Waals surface area contributed by atoms with Gasteiger partial charge in [0.05, 0.1) is 27.0 Å². The van der Waals surface area contributed by atoms with E-state index >= 15 is 0 Å². The lowest BCUT2D eigenvalue weighted by molar-refractivity contribution is -0.901. The molecule has 0 bridgehead atoms. The van der Waals surface area contributed by atoms with Gasteiger partial charge in [-0.2, -0.15) is 0 Å². The molecule has 152 valence electrons. The van der Waals surface area contributed by atoms with Crippen LogP contribution in [0.5, 0.6) is 11.5 Å². The number of rotatable bonds is 7. The molecule has 2 aromatic carbocycles. The van der Waals surface area contributed by atoms with Crippen LogP contribution in [0, 0.1) is 5.82 Å². The summed E-state index contributed by atoms with van der Waals surface area (Å²) < 4.78 is 23.8. The lowest BCUT2D eigenvalue weighted by atomic mass is 10.2. The van der Waals surface area contributed by atoms with Gasteiger partial charge in [0.1, 0.15) is 12.3 Å². The number of hydrogen-bond donors (Lipinski definition) is 1. The molecule has 3 rings (SSSR count). The van der Waals surface area contributed by atoms with E-state index in [0.29, 0.717) is 17.9 Å². The summed E-state index contributed by atoms with van der Waals surface area (Å²) in [5.41, 5.74) is 0.949. The maximum Gasteiger partial charge on any atom is 0.343 e. The number of amides is 4. The Morgan fingerprint density at radius 1 is 0.966 bits per heavy atom. The highest BCUT2D eigenvalue weighted by Gasteiger charge is 2.46. The summed E-state index contributed by atoms with van der Waals surface area (Å²) in [5, 5.41) is 0. The zero-order chi connectivity index (χ0) is 21.1. The molecule has 0 radical (unpaired) electrons. The summed E-state index contributed by atoms with van der Waals surface area (Å²) in [5.74, 6) is -1.61. The van der Waals surface area contributed by atoms with Crippen LogP contribution in [0.25, 0.3) is 0 Å². The molecule has 0 aromatic heterocycles. The van der Waals surface area contributed by atoms with Crippen molar-refractivity contribution in [1.82, 2.24) is 4.90 Å². The molecule has 1 unspecified atom stereocenters. The van der Waals surface area contributed by atoms with Gasteiger partial charge in [-0.05, 0) is 42.5 Å². The lowest BCUT2D eigenvalue weighted by Gasteiger charge is -2.20. The SMILES string of the molecule is COc1ccc(N2C(=O)C(=O)N(C[NH+](C)Cc3ccc(OC)c(F)c3)C2=O)cc1. The van der Waals surface area contributed by atoms with Crippen LogP contribution in [0.2, 0.25) is 0 Å². The highest BCUT2D eigenvalue weighted by molar-refractivity contribution is 6.52. The molecule has 1 aliphatic rings. The number of nitrogens with one attached hydrogen (secondary N) is 1. The monoisotopic (exact) mass is 402 g/mol. The molecule has 1 aliphatic heterocycles. The van der Waals surface area contributed by atoms with Crippen LogP contribution in [0.1, 0.15) is 5.56 Å². The van der Waals surface area contributed by atoms with Crippen LogP contribution in [-0.4, -0.2) is 50.7 Å². The van der Waals surface area contributed by atoms with Crippen LogP contribution in [-0.2, 0) is 16.1 Å². The van der Waals surface area contributed by atoms with Crippen LogP contribution in [0.15, 0.2) is 42.5 Å². The van der Waals surface area contributed by atoms with Gasteiger partial charge in [0.15, 0.2) is 18.2 Å². The van der Waals surface area contributed by atoms with E-state index in [0.717, 1.165) is 14.7 Å². The number of quaternary nitrogens is 1. The van der Waals surface area contributed by atoms with Gasteiger partial charge in [0.2, 0.25) is 0 Å². The average molecular weight is 402 g/mol. The second kappa shape index (κ2) is 8.27. The van der Waals surface area contributed by atoms with Crippen LogP contribution >= 0.6 is 0 Å². The Balaban J connectivity index is 1.71. The average Bonchev–Trinajstić information content (AvgIpc) is 2.91. The number of benzene rings is 2. The van der Waals surface area contributed by atoms with Gasteiger partial charge in [0.25, 0.3) is 0 Å². The molecule has 1 N–H and O–H groups in total. The number of nitrogens with zero attached hydrogens (tertiary/aromatic N) is 2. The molecule has 9 heteroatoms. The molecule has 8 nitrogen and oxygen atoms in total. The number of imide groups is 2. The third kappa shape index (κ3) is 4.04. The fourth-order valence-corrected chi connectivity index (χ4v) is 3.10. The molecule has 1 atom stereocenters. The number of methoxy groups -OCH3 is 2. The van der Waals surface area contributed by atoms with Crippen molar-refractivity contribution in [2.45, 2.75) is 6.54 Å². The van der Waals surface area contributed by atoms with Crippen molar-refractivity contribution in [3.05, 3.63) is 53.8 Å². The van der Waals surface area contributed by atoms with E-state index in [9.17, 15) is 18.8 Å². The smallest absolute Gasteiger partial charge is 0.343 e. The summed E-state index contributed by atoms with van der Waals surface area (Å²) in [6.45, 7) is 0.304. The second-order valence-electron chi connectivity index (χ2n) is 6.62. The Kier molecular flexibility index (Phi) is 5.79. The number of carbonyl (C=O) groups is 3. The van der Waals surface area contributed by atoms with Gasteiger partial charge >= 0.3 is 17.8 Å². The highest BCUT2D eigenvalue weighted by atomic mass is 19.1. The predicted octanol–water partition coefficient (Wildman–Crippen LogP) is 0.810. The molecule has 1 saturated heterocycles. The minimum Gasteiger partial charge on any atom is -0.497 e. The first kappa shape index (κ1) is 20.3. The lowest BCUT2D eigenvalue weighted by Crippen LogP contribution is -3.09. The fourth-order valence-electron chi connectivity index (χ4n) is 3.10. The summed E-state index contributed by atoms with van der Waals surface area (Å²) in [6, 6.07) is 10.1. The number of hydrogen-bond acceptors (Lipinski definition) is 5. The first-order valence-electron chi connectivity index (χ1n) is 8.83. The molecule has 4 amide bonds. The number of halogens is 1. The van der Waals surface area contributed by atoms with Crippen molar-refractivity contribution in [3.8, 4) is 11.5 Å². The fraction of sp³-hybridized carbons (Fsp3) is 0.250. The summed E-state index contributed by atoms with van der Waals surface area (Å²) in [7, 11) is 4.62. The maximum absolute atomic E-state index is 13.9. The molecular formula is C20H21FN3O5+. The largest absolute Gasteiger partial charge is 0.497 e. The number of carbonyl (C=O) groups excluding carboxylic acids is 3. The van der Waals surface area contributed by atoms with Crippen molar-refractivity contribution in [3.63, 3.8) is 0 Å². The quantitative estimate of drug-likeness (QED) is 0.548. The first-order chi connectivity index (χ1) is 13.8. The van der Waals surface area contributed by atoms with Crippen molar-refractivity contribution in [2.24, 2.45) is 0 Å². The molecule has 0 saturated carbocycles. The van der Waals surface area contributed by atoms with E-state index < -0.39 is 23.7 Å². The second-order valence-corrected chi connectivity index (χ2v) is 6.62. The topological polar surface area (TPSA) is 80.6 Å². The Bertz CT molecular complexity index is 948.